The van der Waals surface area contributed by atoms with Gasteiger partial charge >= 0.3 is 5.97 Å². The molecule has 0 radical (unpaired) electrons. The average Bonchev–Trinajstić information content (AvgIpc) is 2.27. The molecule has 0 aromatic rings. The highest BCUT2D eigenvalue weighted by Gasteiger charge is 2.29. The number of thioether (sulfide) groups is 1. The van der Waals surface area contributed by atoms with Gasteiger partial charge in [0, 0.05) is 12.5 Å². The van der Waals surface area contributed by atoms with E-state index in [0.717, 1.165) is 24.3 Å². The SMILES string of the molecule is CC(C)(C)C(CC(=O)O)NC(=O)CC1CCSCC1. The molecule has 1 atom stereocenters. The van der Waals surface area contributed by atoms with Gasteiger partial charge in [0.15, 0.2) is 0 Å². The van der Waals surface area contributed by atoms with Gasteiger partial charge in [-0.1, -0.05) is 20.8 Å². The van der Waals surface area contributed by atoms with Crippen LogP contribution in [0.2, 0.25) is 0 Å². The van der Waals surface area contributed by atoms with E-state index in [2.05, 4.69) is 5.32 Å². The van der Waals surface area contributed by atoms with Gasteiger partial charge in [-0.2, -0.15) is 11.8 Å². The summed E-state index contributed by atoms with van der Waals surface area (Å²) in [4.78, 5) is 22.9. The van der Waals surface area contributed by atoms with Crippen LogP contribution in [-0.4, -0.2) is 34.5 Å². The molecule has 1 aliphatic rings. The first kappa shape index (κ1) is 16.3. The van der Waals surface area contributed by atoms with Crippen molar-refractivity contribution in [3.05, 3.63) is 0 Å². The zero-order valence-corrected chi connectivity index (χ0v) is 12.9. The molecule has 1 heterocycles. The summed E-state index contributed by atoms with van der Waals surface area (Å²) in [6.07, 6.45) is 2.71. The number of aliphatic carboxylic acids is 1. The van der Waals surface area contributed by atoms with Crippen molar-refractivity contribution in [3.8, 4) is 0 Å². The van der Waals surface area contributed by atoms with Crippen LogP contribution < -0.4 is 5.32 Å². The van der Waals surface area contributed by atoms with E-state index < -0.39 is 5.97 Å². The maximum atomic E-state index is 12.0. The summed E-state index contributed by atoms with van der Waals surface area (Å²) in [5.74, 6) is 1.87. The van der Waals surface area contributed by atoms with Crippen LogP contribution in [0.4, 0.5) is 0 Å². The number of hydrogen-bond acceptors (Lipinski definition) is 3. The lowest BCUT2D eigenvalue weighted by Crippen LogP contribution is -2.45. The lowest BCUT2D eigenvalue weighted by molar-refractivity contribution is -0.138. The molecular weight excluding hydrogens is 262 g/mol. The Hall–Kier alpha value is -0.710. The Bertz CT molecular complexity index is 319. The van der Waals surface area contributed by atoms with Gasteiger partial charge in [0.05, 0.1) is 6.42 Å². The van der Waals surface area contributed by atoms with Crippen molar-refractivity contribution in [1.82, 2.24) is 5.32 Å². The van der Waals surface area contributed by atoms with Crippen LogP contribution in [0.25, 0.3) is 0 Å². The number of amides is 1. The summed E-state index contributed by atoms with van der Waals surface area (Å²) >= 11 is 1.94. The third kappa shape index (κ3) is 6.32. The van der Waals surface area contributed by atoms with Crippen LogP contribution in [0, 0.1) is 11.3 Å². The number of carboxylic acids is 1. The highest BCUT2D eigenvalue weighted by molar-refractivity contribution is 7.99. The van der Waals surface area contributed by atoms with E-state index >= 15 is 0 Å². The van der Waals surface area contributed by atoms with Gasteiger partial charge in [-0.3, -0.25) is 9.59 Å². The third-order valence-corrected chi connectivity index (χ3v) is 4.62. The minimum atomic E-state index is -0.866. The molecule has 0 spiro atoms. The summed E-state index contributed by atoms with van der Waals surface area (Å²) < 4.78 is 0. The fraction of sp³-hybridized carbons (Fsp3) is 0.857. The lowest BCUT2D eigenvalue weighted by atomic mass is 9.84. The van der Waals surface area contributed by atoms with Crippen molar-refractivity contribution < 1.29 is 14.7 Å². The predicted molar refractivity (Wildman–Crippen MR) is 78.3 cm³/mol. The number of rotatable bonds is 5. The van der Waals surface area contributed by atoms with Gasteiger partial charge in [0.1, 0.15) is 0 Å². The van der Waals surface area contributed by atoms with Crippen LogP contribution in [0.1, 0.15) is 46.5 Å². The van der Waals surface area contributed by atoms with Crippen LogP contribution in [0.5, 0.6) is 0 Å². The molecule has 0 aromatic heterocycles. The Balaban J connectivity index is 2.48. The molecule has 5 heteroatoms. The average molecular weight is 287 g/mol. The van der Waals surface area contributed by atoms with Crippen molar-refractivity contribution in [2.24, 2.45) is 11.3 Å². The molecule has 1 amide bonds. The molecule has 19 heavy (non-hydrogen) atoms. The molecule has 1 saturated heterocycles. The van der Waals surface area contributed by atoms with Gasteiger partial charge in [-0.15, -0.1) is 0 Å². The largest absolute Gasteiger partial charge is 0.481 e. The molecule has 1 rings (SSSR count). The first-order valence-electron chi connectivity index (χ1n) is 6.88. The number of carbonyl (C=O) groups is 2. The summed E-state index contributed by atoms with van der Waals surface area (Å²) in [6, 6.07) is -0.310. The zero-order valence-electron chi connectivity index (χ0n) is 12.1. The van der Waals surface area contributed by atoms with Crippen LogP contribution in [0.15, 0.2) is 0 Å². The Morgan fingerprint density at radius 2 is 1.89 bits per heavy atom. The second kappa shape index (κ2) is 7.17. The minimum Gasteiger partial charge on any atom is -0.481 e. The highest BCUT2D eigenvalue weighted by atomic mass is 32.2. The Morgan fingerprint density at radius 3 is 2.37 bits per heavy atom. The Kier molecular flexibility index (Phi) is 6.17. The van der Waals surface area contributed by atoms with Crippen molar-refractivity contribution in [1.29, 1.82) is 0 Å². The number of nitrogens with one attached hydrogen (secondary N) is 1. The normalized spacial score (nSPS) is 18.9. The van der Waals surface area contributed by atoms with E-state index in [9.17, 15) is 9.59 Å². The van der Waals surface area contributed by atoms with Crippen molar-refractivity contribution in [2.45, 2.75) is 52.5 Å². The number of carbonyl (C=O) groups excluding carboxylic acids is 1. The van der Waals surface area contributed by atoms with Gasteiger partial charge in [0.2, 0.25) is 5.91 Å². The Morgan fingerprint density at radius 1 is 1.32 bits per heavy atom. The summed E-state index contributed by atoms with van der Waals surface area (Å²) in [5.41, 5.74) is -0.240. The first-order valence-corrected chi connectivity index (χ1v) is 8.03. The van der Waals surface area contributed by atoms with Crippen molar-refractivity contribution in [3.63, 3.8) is 0 Å². The Labute approximate surface area is 119 Å². The number of hydrogen-bond donors (Lipinski definition) is 2. The summed E-state index contributed by atoms with van der Waals surface area (Å²) in [7, 11) is 0. The van der Waals surface area contributed by atoms with Crippen LogP contribution >= 0.6 is 11.8 Å². The van der Waals surface area contributed by atoms with Gasteiger partial charge < -0.3 is 10.4 Å². The van der Waals surface area contributed by atoms with Gasteiger partial charge in [-0.05, 0) is 35.7 Å². The third-order valence-electron chi connectivity index (χ3n) is 3.57. The molecule has 1 fully saturated rings. The second-order valence-electron chi connectivity index (χ2n) is 6.34. The predicted octanol–water partition coefficient (Wildman–Crippen LogP) is 2.53. The summed E-state index contributed by atoms with van der Waals surface area (Å²) in [6.45, 7) is 5.87. The molecule has 0 aromatic carbocycles. The maximum absolute atomic E-state index is 12.0. The molecule has 110 valence electrons. The first-order chi connectivity index (χ1) is 8.79. The van der Waals surface area contributed by atoms with Gasteiger partial charge in [0.25, 0.3) is 0 Å². The van der Waals surface area contributed by atoms with E-state index in [1.165, 1.54) is 0 Å². The molecule has 1 aliphatic heterocycles. The maximum Gasteiger partial charge on any atom is 0.305 e. The molecule has 2 N–H and O–H groups in total. The fourth-order valence-electron chi connectivity index (χ4n) is 2.21. The fourth-order valence-corrected chi connectivity index (χ4v) is 3.42. The van der Waals surface area contributed by atoms with Gasteiger partial charge in [-0.25, -0.2) is 0 Å². The molecular formula is C14H25NO3S. The lowest BCUT2D eigenvalue weighted by Gasteiger charge is -2.31. The van der Waals surface area contributed by atoms with E-state index in [1.54, 1.807) is 0 Å². The topological polar surface area (TPSA) is 66.4 Å². The van der Waals surface area contributed by atoms with Crippen LogP contribution in [0.3, 0.4) is 0 Å². The van der Waals surface area contributed by atoms with Crippen molar-refractivity contribution in [2.75, 3.05) is 11.5 Å². The highest BCUT2D eigenvalue weighted by Crippen LogP contribution is 2.26. The summed E-state index contributed by atoms with van der Waals surface area (Å²) in [5, 5.41) is 11.8. The van der Waals surface area contributed by atoms with E-state index in [0.29, 0.717) is 12.3 Å². The van der Waals surface area contributed by atoms with E-state index in [1.807, 2.05) is 32.5 Å². The van der Waals surface area contributed by atoms with Crippen LogP contribution in [-0.2, 0) is 9.59 Å². The standard InChI is InChI=1S/C14H25NO3S/c1-14(2,3)11(9-13(17)18)15-12(16)8-10-4-6-19-7-5-10/h10-11H,4-9H2,1-3H3,(H,15,16)(H,17,18). The minimum absolute atomic E-state index is 0.00178. The van der Waals surface area contributed by atoms with Crippen molar-refractivity contribution >= 4 is 23.6 Å². The molecule has 4 nitrogen and oxygen atoms in total. The number of carboxylic acid groups (broad SMARTS) is 1. The molecule has 0 bridgehead atoms. The quantitative estimate of drug-likeness (QED) is 0.815. The molecule has 0 saturated carbocycles. The molecule has 0 aliphatic carbocycles. The zero-order chi connectivity index (χ0) is 14.5. The van der Waals surface area contributed by atoms with E-state index in [4.69, 9.17) is 5.11 Å². The second-order valence-corrected chi connectivity index (χ2v) is 7.57. The monoisotopic (exact) mass is 287 g/mol. The van der Waals surface area contributed by atoms with E-state index in [-0.39, 0.29) is 23.8 Å². The molecule has 1 unspecified atom stereocenters. The smallest absolute Gasteiger partial charge is 0.305 e.